The van der Waals surface area contributed by atoms with Crippen molar-refractivity contribution in [3.8, 4) is 40.1 Å². The summed E-state index contributed by atoms with van der Waals surface area (Å²) in [6.07, 6.45) is 0. The van der Waals surface area contributed by atoms with E-state index in [1.807, 2.05) is 91.0 Å². The summed E-state index contributed by atoms with van der Waals surface area (Å²) in [7, 11) is 0. The molecule has 0 spiro atoms. The van der Waals surface area contributed by atoms with Gasteiger partial charge in [-0.3, -0.25) is 4.79 Å². The van der Waals surface area contributed by atoms with Crippen molar-refractivity contribution >= 4 is 11.0 Å². The Bertz CT molecular complexity index is 1900. The number of fused-ring (bicyclic) bond motifs is 1. The quantitative estimate of drug-likeness (QED) is 0.174. The molecule has 0 aliphatic carbocycles. The molecule has 0 unspecified atom stereocenters. The maximum absolute atomic E-state index is 13.2. The summed E-state index contributed by atoms with van der Waals surface area (Å²) in [4.78, 5) is 13.2. The molecule has 0 saturated carbocycles. The van der Waals surface area contributed by atoms with E-state index in [2.05, 4.69) is 0 Å². The normalized spacial score (nSPS) is 10.9. The largest absolute Gasteiger partial charge is 0.507 e. The number of aromatic hydroxyl groups is 2. The lowest BCUT2D eigenvalue weighted by Crippen LogP contribution is -2.04. The molecule has 0 radical (unpaired) electrons. The molecule has 2 N–H and O–H groups in total. The van der Waals surface area contributed by atoms with Crippen molar-refractivity contribution < 1.29 is 28.8 Å². The van der Waals surface area contributed by atoms with E-state index < -0.39 is 11.2 Å². The SMILES string of the molecule is O=c1c(O)c(-c2ccc(OCc3ccccc3)c(OCc3ccccc3)c2)oc2cc(OCc3ccccc3)cc(O)c12. The van der Waals surface area contributed by atoms with Gasteiger partial charge in [-0.05, 0) is 34.9 Å². The average Bonchev–Trinajstić information content (AvgIpc) is 3.05. The van der Waals surface area contributed by atoms with Crippen LogP contribution in [0.3, 0.4) is 0 Å². The minimum Gasteiger partial charge on any atom is -0.507 e. The number of ether oxygens (including phenoxy) is 3. The predicted molar refractivity (Wildman–Crippen MR) is 164 cm³/mol. The predicted octanol–water partition coefficient (Wildman–Crippen LogP) is 7.61. The van der Waals surface area contributed by atoms with Crippen LogP contribution in [0.1, 0.15) is 16.7 Å². The highest BCUT2D eigenvalue weighted by Gasteiger charge is 2.21. The number of phenols is 1. The number of benzene rings is 5. The van der Waals surface area contributed by atoms with Crippen LogP contribution in [-0.2, 0) is 19.8 Å². The summed E-state index contributed by atoms with van der Waals surface area (Å²) in [6, 6.07) is 36.9. The van der Waals surface area contributed by atoms with Crippen molar-refractivity contribution in [1.29, 1.82) is 0 Å². The van der Waals surface area contributed by atoms with Gasteiger partial charge in [0.25, 0.3) is 0 Å². The minimum absolute atomic E-state index is 0.0667. The molecule has 0 amide bonds. The lowest BCUT2D eigenvalue weighted by atomic mass is 10.1. The van der Waals surface area contributed by atoms with Gasteiger partial charge >= 0.3 is 0 Å². The smallest absolute Gasteiger partial charge is 0.238 e. The van der Waals surface area contributed by atoms with Crippen LogP contribution >= 0.6 is 0 Å². The molecule has 6 aromatic rings. The number of hydrogen-bond acceptors (Lipinski definition) is 7. The monoisotopic (exact) mass is 572 g/mol. The average molecular weight is 573 g/mol. The Morgan fingerprint density at radius 3 is 1.70 bits per heavy atom. The van der Waals surface area contributed by atoms with Gasteiger partial charge in [-0.1, -0.05) is 91.0 Å². The molecule has 43 heavy (non-hydrogen) atoms. The molecule has 214 valence electrons. The van der Waals surface area contributed by atoms with E-state index in [1.54, 1.807) is 18.2 Å². The van der Waals surface area contributed by atoms with Crippen molar-refractivity contribution in [3.63, 3.8) is 0 Å². The highest BCUT2D eigenvalue weighted by molar-refractivity contribution is 5.88. The molecule has 1 heterocycles. The molecule has 5 aromatic carbocycles. The van der Waals surface area contributed by atoms with Gasteiger partial charge in [0.05, 0.1) is 0 Å². The maximum atomic E-state index is 13.2. The highest BCUT2D eigenvalue weighted by Crippen LogP contribution is 2.39. The Morgan fingerprint density at radius 1 is 0.581 bits per heavy atom. The third-order valence-corrected chi connectivity index (χ3v) is 6.85. The summed E-state index contributed by atoms with van der Waals surface area (Å²) >= 11 is 0. The van der Waals surface area contributed by atoms with Crippen molar-refractivity contribution in [2.24, 2.45) is 0 Å². The van der Waals surface area contributed by atoms with Crippen molar-refractivity contribution in [2.45, 2.75) is 19.8 Å². The van der Waals surface area contributed by atoms with E-state index >= 15 is 0 Å². The van der Waals surface area contributed by atoms with Gasteiger partial charge in [0.2, 0.25) is 11.2 Å². The zero-order valence-electron chi connectivity index (χ0n) is 23.1. The highest BCUT2D eigenvalue weighted by atomic mass is 16.5. The van der Waals surface area contributed by atoms with E-state index in [1.165, 1.54) is 12.1 Å². The first-order valence-electron chi connectivity index (χ1n) is 13.7. The third kappa shape index (κ3) is 6.31. The Kier molecular flexibility index (Phi) is 7.95. The van der Waals surface area contributed by atoms with Gasteiger partial charge < -0.3 is 28.8 Å². The molecule has 7 heteroatoms. The number of rotatable bonds is 10. The second-order valence-corrected chi connectivity index (χ2v) is 9.91. The van der Waals surface area contributed by atoms with E-state index in [0.717, 1.165) is 16.7 Å². The molecular formula is C36H28O7. The van der Waals surface area contributed by atoms with Crippen molar-refractivity contribution in [3.05, 3.63) is 148 Å². The summed E-state index contributed by atoms with van der Waals surface area (Å²) in [5.74, 6) is 0.143. The zero-order chi connectivity index (χ0) is 29.6. The molecule has 1 aromatic heterocycles. The van der Waals surface area contributed by atoms with Gasteiger partial charge in [0.1, 0.15) is 42.3 Å². The van der Waals surface area contributed by atoms with Crippen LogP contribution < -0.4 is 19.6 Å². The van der Waals surface area contributed by atoms with Crippen LogP contribution in [0.2, 0.25) is 0 Å². The maximum Gasteiger partial charge on any atom is 0.238 e. The lowest BCUT2D eigenvalue weighted by molar-refractivity contribution is 0.256. The molecule has 0 aliphatic rings. The second kappa shape index (κ2) is 12.4. The van der Waals surface area contributed by atoms with Crippen LogP contribution in [0.4, 0.5) is 0 Å². The number of hydrogen-bond donors (Lipinski definition) is 2. The molecule has 0 aliphatic heterocycles. The van der Waals surface area contributed by atoms with E-state index in [9.17, 15) is 15.0 Å². The number of phenolic OH excluding ortho intramolecular Hbond substituents is 1. The third-order valence-electron chi connectivity index (χ3n) is 6.85. The molecule has 0 bridgehead atoms. The Hall–Kier alpha value is -5.69. The zero-order valence-corrected chi connectivity index (χ0v) is 23.1. The van der Waals surface area contributed by atoms with Gasteiger partial charge in [-0.15, -0.1) is 0 Å². The summed E-state index contributed by atoms with van der Waals surface area (Å²) in [5, 5.41) is 21.4. The van der Waals surface area contributed by atoms with E-state index in [0.29, 0.717) is 29.4 Å². The molecule has 0 saturated heterocycles. The Labute approximate surface area is 247 Å². The lowest BCUT2D eigenvalue weighted by Gasteiger charge is -2.15. The topological polar surface area (TPSA) is 98.4 Å². The summed E-state index contributed by atoms with van der Waals surface area (Å²) < 4.78 is 24.1. The standard InChI is InChI=1S/C36H28O7/c37-29-19-28(40-21-24-10-4-1-5-11-24)20-32-33(29)34(38)35(39)36(43-32)27-16-17-30(41-22-25-12-6-2-7-13-25)31(18-27)42-23-26-14-8-3-9-15-26/h1-20,37,39H,21-23H2. The van der Waals surface area contributed by atoms with Crippen LogP contribution in [-0.4, -0.2) is 10.2 Å². The van der Waals surface area contributed by atoms with Gasteiger partial charge in [-0.2, -0.15) is 0 Å². The van der Waals surface area contributed by atoms with E-state index in [-0.39, 0.29) is 35.7 Å². The van der Waals surface area contributed by atoms with Gasteiger partial charge in [0, 0.05) is 17.7 Å². The Balaban J connectivity index is 1.35. The fourth-order valence-corrected chi connectivity index (χ4v) is 4.64. The van der Waals surface area contributed by atoms with Crippen molar-refractivity contribution in [1.82, 2.24) is 0 Å². The van der Waals surface area contributed by atoms with Crippen LogP contribution in [0.15, 0.2) is 131 Å². The molecular weight excluding hydrogens is 544 g/mol. The summed E-state index contributed by atoms with van der Waals surface area (Å²) in [6.45, 7) is 0.854. The van der Waals surface area contributed by atoms with E-state index in [4.69, 9.17) is 18.6 Å². The fourth-order valence-electron chi connectivity index (χ4n) is 4.64. The Morgan fingerprint density at radius 2 is 1.12 bits per heavy atom. The first kappa shape index (κ1) is 27.5. The minimum atomic E-state index is -0.764. The van der Waals surface area contributed by atoms with Crippen LogP contribution in [0.5, 0.6) is 28.7 Å². The van der Waals surface area contributed by atoms with Crippen LogP contribution in [0.25, 0.3) is 22.3 Å². The fraction of sp³-hybridized carbons (Fsp3) is 0.0833. The molecule has 6 rings (SSSR count). The first-order valence-corrected chi connectivity index (χ1v) is 13.7. The van der Waals surface area contributed by atoms with Gasteiger partial charge in [-0.25, -0.2) is 0 Å². The van der Waals surface area contributed by atoms with Crippen LogP contribution in [0, 0.1) is 0 Å². The summed E-state index contributed by atoms with van der Waals surface area (Å²) in [5.41, 5.74) is 2.58. The van der Waals surface area contributed by atoms with Gasteiger partial charge in [0.15, 0.2) is 17.3 Å². The molecule has 7 nitrogen and oxygen atoms in total. The molecule has 0 fully saturated rings. The van der Waals surface area contributed by atoms with Crippen molar-refractivity contribution in [2.75, 3.05) is 0 Å². The molecule has 0 atom stereocenters. The first-order chi connectivity index (χ1) is 21.0. The second-order valence-electron chi connectivity index (χ2n) is 9.91.